The number of nitrogens with one attached hydrogen (secondary N) is 2. The molecule has 0 radical (unpaired) electrons. The van der Waals surface area contributed by atoms with E-state index in [1.807, 2.05) is 18.2 Å². The molecule has 0 saturated carbocycles. The molecular formula is C16H24N2O2S. The molecule has 0 aliphatic heterocycles. The van der Waals surface area contributed by atoms with Gasteiger partial charge in [0.1, 0.15) is 5.75 Å². The second-order valence-corrected chi connectivity index (χ2v) is 5.23. The molecule has 116 valence electrons. The van der Waals surface area contributed by atoms with E-state index in [1.165, 1.54) is 25.7 Å². The van der Waals surface area contributed by atoms with Crippen molar-refractivity contribution < 1.29 is 9.53 Å². The first-order valence-corrected chi connectivity index (χ1v) is 7.88. The summed E-state index contributed by atoms with van der Waals surface area (Å²) in [6.07, 6.45) is 6.02. The summed E-state index contributed by atoms with van der Waals surface area (Å²) < 4.78 is 5.34. The molecule has 0 spiro atoms. The van der Waals surface area contributed by atoms with E-state index in [4.69, 9.17) is 17.0 Å². The van der Waals surface area contributed by atoms with Gasteiger partial charge in [0.05, 0.1) is 0 Å². The minimum atomic E-state index is -0.248. The van der Waals surface area contributed by atoms with Gasteiger partial charge >= 0.3 is 0 Å². The van der Waals surface area contributed by atoms with Gasteiger partial charge in [-0.1, -0.05) is 50.8 Å². The Labute approximate surface area is 132 Å². The molecule has 0 unspecified atom stereocenters. The molecule has 1 rings (SSSR count). The van der Waals surface area contributed by atoms with E-state index in [2.05, 4.69) is 17.6 Å². The lowest BCUT2D eigenvalue weighted by Crippen LogP contribution is -2.41. The van der Waals surface area contributed by atoms with Gasteiger partial charge in [-0.3, -0.25) is 4.79 Å². The molecule has 1 amide bonds. The molecule has 0 bridgehead atoms. The molecule has 1 aromatic rings. The predicted molar refractivity (Wildman–Crippen MR) is 89.4 cm³/mol. The monoisotopic (exact) mass is 308 g/mol. The smallest absolute Gasteiger partial charge is 0.264 e. The van der Waals surface area contributed by atoms with Gasteiger partial charge in [0.15, 0.2) is 11.7 Å². The zero-order valence-electron chi connectivity index (χ0n) is 12.6. The fourth-order valence-electron chi connectivity index (χ4n) is 1.80. The highest BCUT2D eigenvalue weighted by molar-refractivity contribution is 7.80. The summed E-state index contributed by atoms with van der Waals surface area (Å²) in [7, 11) is 0. The summed E-state index contributed by atoms with van der Waals surface area (Å²) >= 11 is 5.06. The Bertz CT molecular complexity index is 424. The number of hydrogen-bond donors (Lipinski definition) is 2. The van der Waals surface area contributed by atoms with Crippen molar-refractivity contribution in [2.75, 3.05) is 13.2 Å². The highest BCUT2D eigenvalue weighted by Crippen LogP contribution is 2.07. The number of rotatable bonds is 9. The number of amides is 1. The van der Waals surface area contributed by atoms with Crippen LogP contribution in [0.3, 0.4) is 0 Å². The number of carbonyl (C=O) groups is 1. The van der Waals surface area contributed by atoms with Crippen molar-refractivity contribution in [3.63, 3.8) is 0 Å². The Morgan fingerprint density at radius 2 is 1.86 bits per heavy atom. The Hall–Kier alpha value is -1.62. The van der Waals surface area contributed by atoms with E-state index in [0.717, 1.165) is 13.0 Å². The average Bonchev–Trinajstić information content (AvgIpc) is 2.50. The lowest BCUT2D eigenvalue weighted by atomic mass is 10.1. The Balaban J connectivity index is 2.06. The van der Waals surface area contributed by atoms with Crippen LogP contribution in [-0.4, -0.2) is 24.2 Å². The standard InChI is InChI=1S/C16H24N2O2S/c1-2-3-4-5-9-12-17-16(21)18-15(19)13-20-14-10-7-6-8-11-14/h6-8,10-11H,2-5,9,12-13H2,1H3,(H2,17,18,19,21). The Morgan fingerprint density at radius 3 is 2.57 bits per heavy atom. The third-order valence-corrected chi connectivity index (χ3v) is 3.18. The number of hydrogen-bond acceptors (Lipinski definition) is 3. The number of unbranched alkanes of at least 4 members (excludes halogenated alkanes) is 4. The molecule has 1 aromatic carbocycles. The van der Waals surface area contributed by atoms with Crippen LogP contribution in [-0.2, 0) is 4.79 Å². The highest BCUT2D eigenvalue weighted by atomic mass is 32.1. The number of ether oxygens (including phenoxy) is 1. The van der Waals surface area contributed by atoms with E-state index in [0.29, 0.717) is 10.9 Å². The molecule has 0 aromatic heterocycles. The quantitative estimate of drug-likeness (QED) is 0.544. The molecule has 0 aliphatic rings. The zero-order valence-corrected chi connectivity index (χ0v) is 13.4. The van der Waals surface area contributed by atoms with E-state index >= 15 is 0 Å². The molecule has 0 atom stereocenters. The maximum atomic E-state index is 11.6. The van der Waals surface area contributed by atoms with E-state index in [-0.39, 0.29) is 12.5 Å². The largest absolute Gasteiger partial charge is 0.484 e. The van der Waals surface area contributed by atoms with Crippen LogP contribution in [0.2, 0.25) is 0 Å². The van der Waals surface area contributed by atoms with Crippen LogP contribution in [0.5, 0.6) is 5.75 Å². The van der Waals surface area contributed by atoms with Gasteiger partial charge in [0, 0.05) is 6.54 Å². The van der Waals surface area contributed by atoms with Crippen molar-refractivity contribution in [2.45, 2.75) is 39.0 Å². The highest BCUT2D eigenvalue weighted by Gasteiger charge is 2.05. The Morgan fingerprint density at radius 1 is 1.14 bits per heavy atom. The zero-order chi connectivity index (χ0) is 15.3. The summed E-state index contributed by atoms with van der Waals surface area (Å²) in [6.45, 7) is 2.95. The first kappa shape index (κ1) is 17.4. The van der Waals surface area contributed by atoms with Crippen LogP contribution >= 0.6 is 12.2 Å². The molecule has 4 nitrogen and oxygen atoms in total. The summed E-state index contributed by atoms with van der Waals surface area (Å²) in [5.41, 5.74) is 0. The van der Waals surface area contributed by atoms with Crippen molar-refractivity contribution in [3.05, 3.63) is 30.3 Å². The molecule has 0 heterocycles. The Kier molecular flexibility index (Phi) is 9.20. The third kappa shape index (κ3) is 9.02. The lowest BCUT2D eigenvalue weighted by Gasteiger charge is -2.10. The second-order valence-electron chi connectivity index (χ2n) is 4.82. The van der Waals surface area contributed by atoms with Gasteiger partial charge in [0.25, 0.3) is 5.91 Å². The molecular weight excluding hydrogens is 284 g/mol. The van der Waals surface area contributed by atoms with E-state index in [9.17, 15) is 4.79 Å². The fraction of sp³-hybridized carbons (Fsp3) is 0.500. The van der Waals surface area contributed by atoms with Crippen LogP contribution < -0.4 is 15.4 Å². The molecule has 2 N–H and O–H groups in total. The maximum absolute atomic E-state index is 11.6. The summed E-state index contributed by atoms with van der Waals surface area (Å²) in [4.78, 5) is 11.6. The fourth-order valence-corrected chi connectivity index (χ4v) is 2.02. The van der Waals surface area contributed by atoms with E-state index < -0.39 is 0 Å². The number of para-hydroxylation sites is 1. The SMILES string of the molecule is CCCCCCCNC(=S)NC(=O)COc1ccccc1. The van der Waals surface area contributed by atoms with Gasteiger partial charge in [-0.05, 0) is 30.8 Å². The van der Waals surface area contributed by atoms with Crippen molar-refractivity contribution in [1.29, 1.82) is 0 Å². The molecule has 0 saturated heterocycles. The normalized spacial score (nSPS) is 9.95. The minimum Gasteiger partial charge on any atom is -0.484 e. The lowest BCUT2D eigenvalue weighted by molar-refractivity contribution is -0.121. The van der Waals surface area contributed by atoms with Crippen LogP contribution in [0.4, 0.5) is 0 Å². The number of thiocarbonyl (C=S) groups is 1. The molecule has 5 heteroatoms. The molecule has 0 fully saturated rings. The van der Waals surface area contributed by atoms with Crippen molar-refractivity contribution in [2.24, 2.45) is 0 Å². The van der Waals surface area contributed by atoms with Gasteiger partial charge in [-0.25, -0.2) is 0 Å². The van der Waals surface area contributed by atoms with Crippen LogP contribution in [0, 0.1) is 0 Å². The number of carbonyl (C=O) groups excluding carboxylic acids is 1. The summed E-state index contributed by atoms with van der Waals surface area (Å²) in [5.74, 6) is 0.421. The van der Waals surface area contributed by atoms with Crippen LogP contribution in [0.15, 0.2) is 30.3 Å². The number of benzene rings is 1. The topological polar surface area (TPSA) is 50.4 Å². The predicted octanol–water partition coefficient (Wildman–Crippen LogP) is 3.03. The van der Waals surface area contributed by atoms with Crippen molar-refractivity contribution in [3.8, 4) is 5.75 Å². The first-order valence-electron chi connectivity index (χ1n) is 7.48. The van der Waals surface area contributed by atoms with Gasteiger partial charge in [0.2, 0.25) is 0 Å². The summed E-state index contributed by atoms with van der Waals surface area (Å²) in [6, 6.07) is 9.22. The average molecular weight is 308 g/mol. The minimum absolute atomic E-state index is 0.0394. The van der Waals surface area contributed by atoms with Crippen LogP contribution in [0.1, 0.15) is 39.0 Å². The van der Waals surface area contributed by atoms with Gasteiger partial charge < -0.3 is 15.4 Å². The first-order chi connectivity index (χ1) is 10.2. The summed E-state index contributed by atoms with van der Waals surface area (Å²) in [5, 5.41) is 6.01. The van der Waals surface area contributed by atoms with Gasteiger partial charge in [-0.15, -0.1) is 0 Å². The third-order valence-electron chi connectivity index (χ3n) is 2.93. The molecule has 21 heavy (non-hydrogen) atoms. The molecule has 0 aliphatic carbocycles. The van der Waals surface area contributed by atoms with Crippen molar-refractivity contribution in [1.82, 2.24) is 10.6 Å². The van der Waals surface area contributed by atoms with Crippen LogP contribution in [0.25, 0.3) is 0 Å². The van der Waals surface area contributed by atoms with E-state index in [1.54, 1.807) is 12.1 Å². The van der Waals surface area contributed by atoms with Gasteiger partial charge in [-0.2, -0.15) is 0 Å². The second kappa shape index (κ2) is 11.1. The maximum Gasteiger partial charge on any atom is 0.264 e. The van der Waals surface area contributed by atoms with Crippen molar-refractivity contribution >= 4 is 23.2 Å².